The number of carbonyl (C=O) groups is 1. The quantitative estimate of drug-likeness (QED) is 0.777. The summed E-state index contributed by atoms with van der Waals surface area (Å²) in [5.41, 5.74) is 2.44. The minimum Gasteiger partial charge on any atom is -0.350 e. The average Bonchev–Trinajstić information content (AvgIpc) is 3.09. The minimum absolute atomic E-state index is 0.0933. The summed E-state index contributed by atoms with van der Waals surface area (Å²) >= 11 is 1.58. The SMILES string of the molecule is Cc1ccc(-c2ccc(=O)n(CC(=O)NCc3cccs3)n2)cc1. The zero-order valence-electron chi connectivity index (χ0n) is 13.2. The van der Waals surface area contributed by atoms with Crippen LogP contribution in [0.5, 0.6) is 0 Å². The third-order valence-corrected chi connectivity index (χ3v) is 4.42. The van der Waals surface area contributed by atoms with Gasteiger partial charge in [-0.2, -0.15) is 5.10 Å². The smallest absolute Gasteiger partial charge is 0.267 e. The molecule has 2 heterocycles. The van der Waals surface area contributed by atoms with Crippen LogP contribution in [0.25, 0.3) is 11.3 Å². The fourth-order valence-corrected chi connectivity index (χ4v) is 2.88. The molecule has 24 heavy (non-hydrogen) atoms. The first-order valence-corrected chi connectivity index (χ1v) is 8.44. The predicted molar refractivity (Wildman–Crippen MR) is 94.8 cm³/mol. The van der Waals surface area contributed by atoms with E-state index in [1.165, 1.54) is 10.7 Å². The van der Waals surface area contributed by atoms with Crippen LogP contribution >= 0.6 is 11.3 Å². The Kier molecular flexibility index (Phi) is 4.86. The third kappa shape index (κ3) is 3.97. The number of aromatic nitrogens is 2. The molecule has 0 saturated carbocycles. The van der Waals surface area contributed by atoms with Crippen LogP contribution < -0.4 is 10.9 Å². The Bertz CT molecular complexity index is 883. The minimum atomic E-state index is -0.294. The lowest BCUT2D eigenvalue weighted by Crippen LogP contribution is -2.33. The highest BCUT2D eigenvalue weighted by molar-refractivity contribution is 7.09. The van der Waals surface area contributed by atoms with Crippen LogP contribution in [0.2, 0.25) is 0 Å². The van der Waals surface area contributed by atoms with E-state index in [0.717, 1.165) is 16.0 Å². The van der Waals surface area contributed by atoms with E-state index in [0.29, 0.717) is 12.2 Å². The number of carbonyl (C=O) groups excluding carboxylic acids is 1. The van der Waals surface area contributed by atoms with Gasteiger partial charge in [0, 0.05) is 16.5 Å². The van der Waals surface area contributed by atoms with Crippen LogP contribution in [-0.4, -0.2) is 15.7 Å². The molecule has 0 spiro atoms. The molecule has 6 heteroatoms. The molecule has 122 valence electrons. The molecule has 5 nitrogen and oxygen atoms in total. The van der Waals surface area contributed by atoms with Gasteiger partial charge in [-0.25, -0.2) is 4.68 Å². The lowest BCUT2D eigenvalue weighted by Gasteiger charge is -2.08. The number of thiophene rings is 1. The van der Waals surface area contributed by atoms with Crippen LogP contribution in [0.4, 0.5) is 0 Å². The molecule has 2 aromatic heterocycles. The molecule has 0 aliphatic carbocycles. The van der Waals surface area contributed by atoms with Crippen LogP contribution in [0.3, 0.4) is 0 Å². The molecule has 0 fully saturated rings. The van der Waals surface area contributed by atoms with E-state index in [1.54, 1.807) is 17.4 Å². The predicted octanol–water partition coefficient (Wildman–Crippen LogP) is 2.60. The summed E-state index contributed by atoms with van der Waals surface area (Å²) in [6.07, 6.45) is 0. The summed E-state index contributed by atoms with van der Waals surface area (Å²) in [6.45, 7) is 2.38. The van der Waals surface area contributed by atoms with E-state index in [1.807, 2.05) is 48.7 Å². The van der Waals surface area contributed by atoms with Gasteiger partial charge in [-0.05, 0) is 24.4 Å². The van der Waals surface area contributed by atoms with Gasteiger partial charge in [-0.1, -0.05) is 35.9 Å². The molecule has 1 aromatic carbocycles. The molecule has 1 amide bonds. The van der Waals surface area contributed by atoms with Crippen LogP contribution in [0.15, 0.2) is 58.7 Å². The highest BCUT2D eigenvalue weighted by Crippen LogP contribution is 2.15. The van der Waals surface area contributed by atoms with Crippen LogP contribution in [-0.2, 0) is 17.9 Å². The van der Waals surface area contributed by atoms with Crippen molar-refractivity contribution in [3.63, 3.8) is 0 Å². The zero-order valence-corrected chi connectivity index (χ0v) is 14.0. The van der Waals surface area contributed by atoms with Gasteiger partial charge in [0.25, 0.3) is 5.56 Å². The van der Waals surface area contributed by atoms with E-state index in [-0.39, 0.29) is 18.0 Å². The van der Waals surface area contributed by atoms with Gasteiger partial charge >= 0.3 is 0 Å². The Balaban J connectivity index is 1.73. The van der Waals surface area contributed by atoms with E-state index >= 15 is 0 Å². The van der Waals surface area contributed by atoms with E-state index in [2.05, 4.69) is 10.4 Å². The first-order chi connectivity index (χ1) is 11.6. The molecule has 1 N–H and O–H groups in total. The van der Waals surface area contributed by atoms with Crippen molar-refractivity contribution in [2.45, 2.75) is 20.0 Å². The molecule has 0 saturated heterocycles. The van der Waals surface area contributed by atoms with Crippen molar-refractivity contribution in [3.05, 3.63) is 74.7 Å². The summed E-state index contributed by atoms with van der Waals surface area (Å²) in [5, 5.41) is 9.06. The first kappa shape index (κ1) is 16.1. The maximum absolute atomic E-state index is 12.0. The Morgan fingerprint density at radius 1 is 1.17 bits per heavy atom. The number of amides is 1. The number of nitrogens with one attached hydrogen (secondary N) is 1. The van der Waals surface area contributed by atoms with Gasteiger partial charge in [-0.3, -0.25) is 9.59 Å². The number of rotatable bonds is 5. The molecule has 3 rings (SSSR count). The molecule has 0 atom stereocenters. The number of benzene rings is 1. The van der Waals surface area contributed by atoms with Gasteiger partial charge in [0.15, 0.2) is 0 Å². The van der Waals surface area contributed by atoms with Crippen molar-refractivity contribution in [1.82, 2.24) is 15.1 Å². The summed E-state index contributed by atoms with van der Waals surface area (Å²) in [7, 11) is 0. The fraction of sp³-hybridized carbons (Fsp3) is 0.167. The second-order valence-electron chi connectivity index (χ2n) is 5.44. The van der Waals surface area contributed by atoms with Gasteiger partial charge in [-0.15, -0.1) is 11.3 Å². The van der Waals surface area contributed by atoms with E-state index in [4.69, 9.17) is 0 Å². The molecular formula is C18H17N3O2S. The Morgan fingerprint density at radius 2 is 1.96 bits per heavy atom. The number of aryl methyl sites for hydroxylation is 1. The van der Waals surface area contributed by atoms with E-state index < -0.39 is 0 Å². The second-order valence-corrected chi connectivity index (χ2v) is 6.47. The average molecular weight is 339 g/mol. The highest BCUT2D eigenvalue weighted by Gasteiger charge is 2.08. The van der Waals surface area contributed by atoms with Crippen molar-refractivity contribution < 1.29 is 4.79 Å². The molecule has 0 unspecified atom stereocenters. The largest absolute Gasteiger partial charge is 0.350 e. The lowest BCUT2D eigenvalue weighted by atomic mass is 10.1. The second kappa shape index (κ2) is 7.23. The van der Waals surface area contributed by atoms with Gasteiger partial charge < -0.3 is 5.32 Å². The van der Waals surface area contributed by atoms with Crippen LogP contribution in [0, 0.1) is 6.92 Å². The summed E-state index contributed by atoms with van der Waals surface area (Å²) in [4.78, 5) is 25.1. The highest BCUT2D eigenvalue weighted by atomic mass is 32.1. The molecule has 0 aliphatic rings. The van der Waals surface area contributed by atoms with E-state index in [9.17, 15) is 9.59 Å². The Hall–Kier alpha value is -2.73. The molecule has 0 aliphatic heterocycles. The van der Waals surface area contributed by atoms with Gasteiger partial charge in [0.05, 0.1) is 12.2 Å². The van der Waals surface area contributed by atoms with Crippen molar-refractivity contribution in [3.8, 4) is 11.3 Å². The lowest BCUT2D eigenvalue weighted by molar-refractivity contribution is -0.122. The normalized spacial score (nSPS) is 10.5. The first-order valence-electron chi connectivity index (χ1n) is 7.56. The third-order valence-electron chi connectivity index (χ3n) is 3.55. The maximum Gasteiger partial charge on any atom is 0.267 e. The zero-order chi connectivity index (χ0) is 16.9. The summed E-state index contributed by atoms with van der Waals surface area (Å²) < 4.78 is 1.19. The topological polar surface area (TPSA) is 64.0 Å². The number of nitrogens with zero attached hydrogens (tertiary/aromatic N) is 2. The van der Waals surface area contributed by atoms with Crippen molar-refractivity contribution >= 4 is 17.2 Å². The molecule has 0 bridgehead atoms. The molecule has 0 radical (unpaired) electrons. The molecular weight excluding hydrogens is 322 g/mol. The van der Waals surface area contributed by atoms with Gasteiger partial charge in [0.2, 0.25) is 5.91 Å². The van der Waals surface area contributed by atoms with Crippen molar-refractivity contribution in [2.75, 3.05) is 0 Å². The Labute approximate surface area is 143 Å². The van der Waals surface area contributed by atoms with Crippen LogP contribution in [0.1, 0.15) is 10.4 Å². The van der Waals surface area contributed by atoms with Gasteiger partial charge in [0.1, 0.15) is 6.54 Å². The number of hydrogen-bond acceptors (Lipinski definition) is 4. The number of hydrogen-bond donors (Lipinski definition) is 1. The van der Waals surface area contributed by atoms with Crippen molar-refractivity contribution in [1.29, 1.82) is 0 Å². The van der Waals surface area contributed by atoms with Crippen molar-refractivity contribution in [2.24, 2.45) is 0 Å². The Morgan fingerprint density at radius 3 is 2.67 bits per heavy atom. The maximum atomic E-state index is 12.0. The standard InChI is InChI=1S/C18H17N3O2S/c1-13-4-6-14(7-5-13)16-8-9-18(23)21(20-16)12-17(22)19-11-15-3-2-10-24-15/h2-10H,11-12H2,1H3,(H,19,22). The monoisotopic (exact) mass is 339 g/mol. The fourth-order valence-electron chi connectivity index (χ4n) is 2.23. The summed E-state index contributed by atoms with van der Waals surface area (Å²) in [6, 6.07) is 14.9. The summed E-state index contributed by atoms with van der Waals surface area (Å²) in [5.74, 6) is -0.237. The molecule has 3 aromatic rings.